The third-order valence-electron chi connectivity index (χ3n) is 7.45. The van der Waals surface area contributed by atoms with Gasteiger partial charge in [-0.3, -0.25) is 9.59 Å². The SMILES string of the molecule is COc1ccc(CCN(C)CCOc2ccc(NC(=O)c3cccc4c(=O)c5ccccc5n(C)c34)cc2)cc1OC. The van der Waals surface area contributed by atoms with E-state index >= 15 is 0 Å². The lowest BCUT2D eigenvalue weighted by atomic mass is 10.0. The zero-order valence-corrected chi connectivity index (χ0v) is 24.3. The molecule has 8 nitrogen and oxygen atoms in total. The number of hydrogen-bond acceptors (Lipinski definition) is 6. The quantitative estimate of drug-likeness (QED) is 0.213. The number of aryl methyl sites for hydroxylation is 1. The molecule has 0 aliphatic heterocycles. The highest BCUT2D eigenvalue weighted by Gasteiger charge is 2.16. The van der Waals surface area contributed by atoms with Crippen molar-refractivity contribution in [3.8, 4) is 17.2 Å². The number of ether oxygens (including phenoxy) is 3. The van der Waals surface area contributed by atoms with Crippen LogP contribution in [0.4, 0.5) is 5.69 Å². The number of amides is 1. The monoisotopic (exact) mass is 565 g/mol. The Morgan fingerprint density at radius 1 is 0.857 bits per heavy atom. The molecule has 0 aliphatic rings. The van der Waals surface area contributed by atoms with Gasteiger partial charge in [-0.2, -0.15) is 0 Å². The number of fused-ring (bicyclic) bond motifs is 2. The van der Waals surface area contributed by atoms with Crippen LogP contribution in [0.5, 0.6) is 17.2 Å². The van der Waals surface area contributed by atoms with Gasteiger partial charge in [0.2, 0.25) is 0 Å². The first-order chi connectivity index (χ1) is 20.4. The second-order valence-corrected chi connectivity index (χ2v) is 10.2. The molecule has 1 heterocycles. The Kier molecular flexibility index (Phi) is 8.74. The molecule has 0 spiro atoms. The van der Waals surface area contributed by atoms with Crippen molar-refractivity contribution in [2.75, 3.05) is 46.3 Å². The number of nitrogens with one attached hydrogen (secondary N) is 1. The Morgan fingerprint density at radius 2 is 1.60 bits per heavy atom. The molecule has 5 rings (SSSR count). The van der Waals surface area contributed by atoms with Crippen LogP contribution < -0.4 is 25.0 Å². The highest BCUT2D eigenvalue weighted by Crippen LogP contribution is 2.28. The molecule has 0 saturated heterocycles. The van der Waals surface area contributed by atoms with Gasteiger partial charge in [0.1, 0.15) is 12.4 Å². The lowest BCUT2D eigenvalue weighted by molar-refractivity contribution is 0.102. The van der Waals surface area contributed by atoms with E-state index in [1.165, 1.54) is 5.56 Å². The molecule has 8 heteroatoms. The Labute approximate surface area is 245 Å². The smallest absolute Gasteiger partial charge is 0.257 e. The maximum absolute atomic E-state index is 13.3. The number of rotatable bonds is 11. The normalized spacial score (nSPS) is 11.2. The van der Waals surface area contributed by atoms with E-state index in [2.05, 4.69) is 23.3 Å². The third-order valence-corrected chi connectivity index (χ3v) is 7.45. The number of anilines is 1. The zero-order chi connectivity index (χ0) is 29.6. The van der Waals surface area contributed by atoms with Gasteiger partial charge in [0.05, 0.1) is 30.8 Å². The fraction of sp³-hybridized carbons (Fsp3) is 0.235. The standard InChI is InChI=1S/C34H35N3O5/c1-36(19-18-23-12-17-30(40-3)31(22-23)41-4)20-21-42-25-15-13-24(14-16-25)35-34(39)28-10-7-9-27-32(28)37(2)29-11-6-5-8-26(29)33(27)38/h5-17,22H,18-21H2,1-4H3,(H,35,39). The first-order valence-corrected chi connectivity index (χ1v) is 13.8. The molecule has 0 fully saturated rings. The van der Waals surface area contributed by atoms with E-state index in [9.17, 15) is 9.59 Å². The van der Waals surface area contributed by atoms with Crippen LogP contribution >= 0.6 is 0 Å². The number of likely N-dealkylation sites (N-methyl/N-ethyl adjacent to an activating group) is 1. The van der Waals surface area contributed by atoms with Crippen LogP contribution in [0.2, 0.25) is 0 Å². The second-order valence-electron chi connectivity index (χ2n) is 10.2. The van der Waals surface area contributed by atoms with Gasteiger partial charge < -0.3 is 29.0 Å². The number of para-hydroxylation sites is 2. The average molecular weight is 566 g/mol. The highest BCUT2D eigenvalue weighted by molar-refractivity contribution is 6.13. The molecule has 0 bridgehead atoms. The van der Waals surface area contributed by atoms with Crippen molar-refractivity contribution < 1.29 is 19.0 Å². The summed E-state index contributed by atoms with van der Waals surface area (Å²) in [4.78, 5) is 28.6. The van der Waals surface area contributed by atoms with Gasteiger partial charge >= 0.3 is 0 Å². The van der Waals surface area contributed by atoms with E-state index in [4.69, 9.17) is 14.2 Å². The number of carbonyl (C=O) groups excluding carboxylic acids is 1. The molecule has 1 amide bonds. The summed E-state index contributed by atoms with van der Waals surface area (Å²) in [5, 5.41) is 4.10. The van der Waals surface area contributed by atoms with Crippen LogP contribution in [0.3, 0.4) is 0 Å². The molecule has 216 valence electrons. The first-order valence-electron chi connectivity index (χ1n) is 13.8. The highest BCUT2D eigenvalue weighted by atomic mass is 16.5. The lowest BCUT2D eigenvalue weighted by Crippen LogP contribution is -2.26. The van der Waals surface area contributed by atoms with E-state index in [1.54, 1.807) is 32.4 Å². The molecule has 1 aromatic heterocycles. The van der Waals surface area contributed by atoms with E-state index in [1.807, 2.05) is 72.3 Å². The Balaban J connectivity index is 1.17. The van der Waals surface area contributed by atoms with Crippen molar-refractivity contribution in [2.24, 2.45) is 7.05 Å². The number of carbonyl (C=O) groups is 1. The van der Waals surface area contributed by atoms with Crippen molar-refractivity contribution in [3.63, 3.8) is 0 Å². The number of methoxy groups -OCH3 is 2. The average Bonchev–Trinajstić information content (AvgIpc) is 3.02. The van der Waals surface area contributed by atoms with E-state index < -0.39 is 0 Å². The molecule has 0 unspecified atom stereocenters. The Morgan fingerprint density at radius 3 is 2.36 bits per heavy atom. The fourth-order valence-corrected chi connectivity index (χ4v) is 5.12. The topological polar surface area (TPSA) is 82.0 Å². The van der Waals surface area contributed by atoms with Gasteiger partial charge in [0.15, 0.2) is 16.9 Å². The second kappa shape index (κ2) is 12.8. The molecule has 4 aromatic carbocycles. The number of hydrogen-bond donors (Lipinski definition) is 1. The van der Waals surface area contributed by atoms with Crippen LogP contribution in [-0.2, 0) is 13.5 Å². The molecule has 0 radical (unpaired) electrons. The van der Waals surface area contributed by atoms with Gasteiger partial charge in [-0.1, -0.05) is 24.3 Å². The van der Waals surface area contributed by atoms with Crippen molar-refractivity contribution in [1.29, 1.82) is 0 Å². The number of benzene rings is 4. The molecular formula is C34H35N3O5. The molecule has 0 aliphatic carbocycles. The lowest BCUT2D eigenvalue weighted by Gasteiger charge is -2.17. The molecule has 0 atom stereocenters. The predicted molar refractivity (Wildman–Crippen MR) is 167 cm³/mol. The fourth-order valence-electron chi connectivity index (χ4n) is 5.12. The minimum absolute atomic E-state index is 0.0820. The van der Waals surface area contributed by atoms with E-state index in [0.29, 0.717) is 34.1 Å². The minimum atomic E-state index is -0.282. The third kappa shape index (κ3) is 6.09. The summed E-state index contributed by atoms with van der Waals surface area (Å²) in [6.45, 7) is 2.17. The van der Waals surface area contributed by atoms with Crippen LogP contribution in [0.1, 0.15) is 15.9 Å². The number of aromatic nitrogens is 1. The van der Waals surface area contributed by atoms with Crippen LogP contribution in [0.15, 0.2) is 89.7 Å². The largest absolute Gasteiger partial charge is 0.493 e. The van der Waals surface area contributed by atoms with Gasteiger partial charge in [-0.15, -0.1) is 0 Å². The molecule has 5 aromatic rings. The summed E-state index contributed by atoms with van der Waals surface area (Å²) < 4.78 is 18.6. The molecule has 0 saturated carbocycles. The van der Waals surface area contributed by atoms with Crippen LogP contribution in [-0.4, -0.2) is 56.3 Å². The first kappa shape index (κ1) is 28.7. The summed E-state index contributed by atoms with van der Waals surface area (Å²) in [7, 11) is 7.21. The summed E-state index contributed by atoms with van der Waals surface area (Å²) in [6.07, 6.45) is 0.881. The van der Waals surface area contributed by atoms with Crippen LogP contribution in [0, 0.1) is 0 Å². The Bertz CT molecular complexity index is 1780. The zero-order valence-electron chi connectivity index (χ0n) is 24.3. The van der Waals surface area contributed by atoms with Gasteiger partial charge in [-0.05, 0) is 79.7 Å². The summed E-state index contributed by atoms with van der Waals surface area (Å²) in [5.74, 6) is 1.90. The van der Waals surface area contributed by atoms with Crippen molar-refractivity contribution >= 4 is 33.4 Å². The van der Waals surface area contributed by atoms with Gasteiger partial charge in [0.25, 0.3) is 5.91 Å². The van der Waals surface area contributed by atoms with E-state index in [-0.39, 0.29) is 11.3 Å². The maximum Gasteiger partial charge on any atom is 0.257 e. The number of pyridine rings is 1. The number of nitrogens with zero attached hydrogens (tertiary/aromatic N) is 2. The van der Waals surface area contributed by atoms with Crippen LogP contribution in [0.25, 0.3) is 21.8 Å². The minimum Gasteiger partial charge on any atom is -0.493 e. The Hall–Kier alpha value is -4.82. The summed E-state index contributed by atoms with van der Waals surface area (Å²) in [5.41, 5.74) is 3.56. The van der Waals surface area contributed by atoms with Crippen molar-refractivity contribution in [3.05, 3.63) is 106 Å². The molecule has 1 N–H and O–H groups in total. The molecular weight excluding hydrogens is 530 g/mol. The summed E-state index contributed by atoms with van der Waals surface area (Å²) in [6, 6.07) is 26.0. The van der Waals surface area contributed by atoms with Crippen molar-refractivity contribution in [2.45, 2.75) is 6.42 Å². The van der Waals surface area contributed by atoms with E-state index in [0.717, 1.165) is 42.3 Å². The van der Waals surface area contributed by atoms with Crippen molar-refractivity contribution in [1.82, 2.24) is 9.47 Å². The molecule has 42 heavy (non-hydrogen) atoms. The predicted octanol–water partition coefficient (Wildman–Crippen LogP) is 5.51. The maximum atomic E-state index is 13.3. The summed E-state index contributed by atoms with van der Waals surface area (Å²) >= 11 is 0. The van der Waals surface area contributed by atoms with Gasteiger partial charge in [0, 0.05) is 36.6 Å². The van der Waals surface area contributed by atoms with Gasteiger partial charge in [-0.25, -0.2) is 0 Å².